The second kappa shape index (κ2) is 52.4. The lowest BCUT2D eigenvalue weighted by Crippen LogP contribution is -3.00. The van der Waals surface area contributed by atoms with Gasteiger partial charge in [0.2, 0.25) is 0 Å². The molecule has 22 heteroatoms. The number of aromatic amines is 1. The number of benzene rings is 12. The number of nitrogens with one attached hydrogen (secondary N) is 2. The largest absolute Gasteiger partial charge is 1.00 e. The van der Waals surface area contributed by atoms with Crippen LogP contribution in [0.1, 0.15) is 143 Å². The van der Waals surface area contributed by atoms with Gasteiger partial charge in [-0.15, -0.1) is 11.6 Å². The van der Waals surface area contributed by atoms with Crippen LogP contribution in [-0.4, -0.2) is 76.5 Å². The molecule has 0 bridgehead atoms. The van der Waals surface area contributed by atoms with Crippen LogP contribution in [0.5, 0.6) is 46.0 Å². The second-order valence-corrected chi connectivity index (χ2v) is 35.3. The van der Waals surface area contributed by atoms with Crippen molar-refractivity contribution in [2.24, 2.45) is 16.2 Å². The summed E-state index contributed by atoms with van der Waals surface area (Å²) in [5.74, 6) is 5.39. The highest BCUT2D eigenvalue weighted by molar-refractivity contribution is 9.10. The number of nitrogens with zero attached hydrogens (tertiary/aromatic N) is 1. The zero-order valence-electron chi connectivity index (χ0n) is 75.6. The summed E-state index contributed by atoms with van der Waals surface area (Å²) in [5, 5.41) is 4.35. The van der Waals surface area contributed by atoms with Gasteiger partial charge in [-0.2, -0.15) is 0 Å². The average molecular weight is 1870 g/mol. The minimum absolute atomic E-state index is 0. The molecule has 14 rings (SSSR count). The van der Waals surface area contributed by atoms with E-state index in [2.05, 4.69) is 92.0 Å². The number of likely N-dealkylation sites (tertiary alicyclic amines) is 1. The number of aromatic nitrogens is 1. The van der Waals surface area contributed by atoms with Crippen LogP contribution >= 0.6 is 27.5 Å². The first-order valence-corrected chi connectivity index (χ1v) is 44.0. The molecule has 0 saturated carbocycles. The molecule has 0 radical (unpaired) electrons. The SMILES string of the molecule is CC(Br)C(=O)c1ccc(OC(=O)C(C)(C)C)cc1.CC(Nc1ccc(OCc2ccccc2)cc1)C(=O)c1ccc(OC(=O)C(C)(C)C)cc1.Cc1c(-c2ccc(OC(=O)C(C)(C)C)cc2)[nH]c2ccc(OCc3ccccc3)cc12.ClCc1ccc(OCCN2CCCC2)cc1.[Cl-].[Cl-].[NH3+]c1ccc(OCc2ccccc2)cc1.[NH3+]c1ccc(OCc2ccccc2)cc1. The number of aryl methyl sites for hydroxylation is 1. The van der Waals surface area contributed by atoms with E-state index in [0.29, 0.717) is 60.7 Å². The zero-order valence-corrected chi connectivity index (χ0v) is 79.4. The van der Waals surface area contributed by atoms with Crippen LogP contribution in [0.2, 0.25) is 0 Å². The van der Waals surface area contributed by atoms with Gasteiger partial charge in [0.1, 0.15) is 90.4 Å². The summed E-state index contributed by atoms with van der Waals surface area (Å²) in [7, 11) is 0. The molecular weight excluding hydrogens is 1750 g/mol. The van der Waals surface area contributed by atoms with Crippen LogP contribution < -0.4 is 79.5 Å². The number of ether oxygens (including phenoxy) is 8. The van der Waals surface area contributed by atoms with Gasteiger partial charge in [0.25, 0.3) is 0 Å². The Balaban J connectivity index is 0.000000218. The summed E-state index contributed by atoms with van der Waals surface area (Å²) in [6.07, 6.45) is 2.68. The molecule has 2 heterocycles. The van der Waals surface area contributed by atoms with Gasteiger partial charge < -0.3 is 84.5 Å². The number of carbonyl (C=O) groups is 5. The van der Waals surface area contributed by atoms with Crippen LogP contribution in [0, 0.1) is 23.2 Å². The summed E-state index contributed by atoms with van der Waals surface area (Å²) < 4.78 is 44.7. The number of esters is 3. The van der Waals surface area contributed by atoms with E-state index in [4.69, 9.17) is 49.5 Å². The summed E-state index contributed by atoms with van der Waals surface area (Å²) >= 11 is 8.95. The molecule has 0 spiro atoms. The Hall–Kier alpha value is -12.0. The third kappa shape index (κ3) is 36.2. The molecule has 2 atom stereocenters. The summed E-state index contributed by atoms with van der Waals surface area (Å²) in [4.78, 5) is 65.9. The molecule has 8 N–H and O–H groups in total. The van der Waals surface area contributed by atoms with Gasteiger partial charge in [-0.3, -0.25) is 28.9 Å². The highest BCUT2D eigenvalue weighted by atomic mass is 79.9. The number of ketones is 2. The number of H-pyrrole nitrogens is 1. The van der Waals surface area contributed by atoms with E-state index >= 15 is 0 Å². The van der Waals surface area contributed by atoms with Crippen molar-refractivity contribution in [3.8, 4) is 57.3 Å². The molecule has 18 nitrogen and oxygen atoms in total. The molecular formula is C107H119BrCl3N5O13. The molecule has 13 aromatic rings. The summed E-state index contributed by atoms with van der Waals surface area (Å²) in [6.45, 7) is 28.5. The average Bonchev–Trinajstić information content (AvgIpc) is 1.64. The lowest BCUT2D eigenvalue weighted by Gasteiger charge is -2.17. The fourth-order valence-corrected chi connectivity index (χ4v) is 12.5. The van der Waals surface area contributed by atoms with Crippen LogP contribution in [-0.2, 0) is 46.7 Å². The number of carbonyl (C=O) groups excluding carboxylic acids is 5. The predicted octanol–water partition coefficient (Wildman–Crippen LogP) is 17.4. The van der Waals surface area contributed by atoms with E-state index in [-0.39, 0.29) is 59.1 Å². The Morgan fingerprint density at radius 1 is 0.411 bits per heavy atom. The standard InChI is InChI=1S/C27H29NO4.C27H27NO3.C14H17BrO3.C13H18ClNO.2C13H13NO.2ClH/c1-19(25(29)21-10-14-24(15-11-21)32-26(30)27(2,3)4)28-22-12-16-23(17-13-22)31-18-20-8-6-5-7-9-20;1-18-23-16-22(30-17-19-8-6-5-7-9-19)14-15-24(23)28-25(18)20-10-12-21(13-11-20)31-26(29)27(2,3)4;1-9(15)12(16)10-5-7-11(8-6-10)18-13(17)14(2,3)4;14-11-12-3-5-13(6-4-12)16-10-9-15-7-1-2-8-15;2*14-12-6-8-13(9-7-12)15-10-11-4-2-1-3-5-11;;/h5-17,19,28H,18H2,1-4H3;5-16,28H,17H2,1-4H3;5-9H,1-4H3;3-6H,1-2,7-11H2;2*1-9H,10,14H2;2*1H. The van der Waals surface area contributed by atoms with Gasteiger partial charge in [0, 0.05) is 70.1 Å². The van der Waals surface area contributed by atoms with E-state index in [0.717, 1.165) is 103 Å². The third-order valence-corrected chi connectivity index (χ3v) is 20.4. The van der Waals surface area contributed by atoms with Crippen molar-refractivity contribution in [3.05, 3.63) is 354 Å². The number of hydrogen-bond donors (Lipinski definition) is 4. The number of quaternary nitrogens is 2. The molecule has 0 aliphatic carbocycles. The molecule has 1 aromatic heterocycles. The van der Waals surface area contributed by atoms with Crippen molar-refractivity contribution >= 4 is 85.0 Å². The highest BCUT2D eigenvalue weighted by Crippen LogP contribution is 2.34. The quantitative estimate of drug-likeness (QED) is 0.0162. The van der Waals surface area contributed by atoms with E-state index in [1.807, 2.05) is 246 Å². The second-order valence-electron chi connectivity index (χ2n) is 33.6. The Bertz CT molecular complexity index is 5440. The summed E-state index contributed by atoms with van der Waals surface area (Å²) in [5.41, 5.74) is 20.0. The molecule has 1 fully saturated rings. The third-order valence-electron chi connectivity index (χ3n) is 19.7. The normalized spacial score (nSPS) is 11.9. The van der Waals surface area contributed by atoms with E-state index in [9.17, 15) is 24.0 Å². The molecule has 1 aliphatic rings. The highest BCUT2D eigenvalue weighted by Gasteiger charge is 2.27. The van der Waals surface area contributed by atoms with E-state index in [1.165, 1.54) is 37.1 Å². The minimum Gasteiger partial charge on any atom is -1.00 e. The number of fused-ring (bicyclic) bond motifs is 1. The number of alkyl halides is 2. The van der Waals surface area contributed by atoms with E-state index < -0.39 is 22.3 Å². The summed E-state index contributed by atoms with van der Waals surface area (Å²) in [6, 6.07) is 97.9. The number of hydrogen-bond acceptors (Lipinski definition) is 15. The molecule has 1 aliphatic heterocycles. The monoisotopic (exact) mass is 1870 g/mol. The zero-order chi connectivity index (χ0) is 91.3. The lowest BCUT2D eigenvalue weighted by atomic mass is 9.97. The lowest BCUT2D eigenvalue weighted by molar-refractivity contribution is -0.255. The minimum atomic E-state index is -0.588. The first-order chi connectivity index (χ1) is 60.8. The predicted molar refractivity (Wildman–Crippen MR) is 511 cm³/mol. The number of Topliss-reactive ketones (excluding diaryl/α,β-unsaturated/α-hetero) is 2. The van der Waals surface area contributed by atoms with Gasteiger partial charge in [-0.1, -0.05) is 149 Å². The van der Waals surface area contributed by atoms with Crippen molar-refractivity contribution < 1.29 is 98.1 Å². The van der Waals surface area contributed by atoms with Crippen molar-refractivity contribution in [2.45, 2.75) is 139 Å². The smallest absolute Gasteiger partial charge is 0.316 e. The van der Waals surface area contributed by atoms with Crippen molar-refractivity contribution in [2.75, 3.05) is 31.6 Å². The molecule has 0 amide bonds. The first kappa shape index (κ1) is 104. The van der Waals surface area contributed by atoms with Crippen LogP contribution in [0.3, 0.4) is 0 Å². The van der Waals surface area contributed by atoms with Crippen LogP contribution in [0.15, 0.2) is 309 Å². The Morgan fingerprint density at radius 2 is 0.736 bits per heavy atom. The molecule has 678 valence electrons. The Labute approximate surface area is 785 Å². The van der Waals surface area contributed by atoms with Gasteiger partial charge in [0.05, 0.1) is 27.1 Å². The number of halogens is 4. The topological polar surface area (TPSA) is 246 Å². The molecule has 12 aromatic carbocycles. The van der Waals surface area contributed by atoms with Gasteiger partial charge in [0.15, 0.2) is 11.6 Å². The van der Waals surface area contributed by atoms with Crippen LogP contribution in [0.25, 0.3) is 22.2 Å². The maximum absolute atomic E-state index is 12.8. The molecule has 1 saturated heterocycles. The fourth-order valence-electron chi connectivity index (χ4n) is 12.1. The van der Waals surface area contributed by atoms with Crippen molar-refractivity contribution in [1.29, 1.82) is 0 Å². The van der Waals surface area contributed by atoms with Gasteiger partial charge >= 0.3 is 17.9 Å². The maximum atomic E-state index is 12.8. The maximum Gasteiger partial charge on any atom is 0.316 e. The first-order valence-electron chi connectivity index (χ1n) is 42.5. The van der Waals surface area contributed by atoms with Crippen molar-refractivity contribution in [3.63, 3.8) is 0 Å². The van der Waals surface area contributed by atoms with Gasteiger partial charge in [-0.25, -0.2) is 0 Å². The van der Waals surface area contributed by atoms with Gasteiger partial charge in [-0.05, 0) is 300 Å². The Morgan fingerprint density at radius 3 is 1.10 bits per heavy atom. The number of rotatable bonds is 27. The van der Waals surface area contributed by atoms with E-state index in [1.54, 1.807) is 97.0 Å². The van der Waals surface area contributed by atoms with Crippen LogP contribution in [0.4, 0.5) is 17.1 Å². The number of anilines is 1. The molecule has 2 unspecified atom stereocenters. The Kier molecular flexibility index (Phi) is 42.3. The molecule has 129 heavy (non-hydrogen) atoms. The van der Waals surface area contributed by atoms with Crippen molar-refractivity contribution in [1.82, 2.24) is 9.88 Å². The fraction of sp³-hybridized carbons (Fsp3) is 0.262.